The summed E-state index contributed by atoms with van der Waals surface area (Å²) in [5, 5.41) is 1.53. The number of hydrogen-bond donors (Lipinski definition) is 1. The lowest BCUT2D eigenvalue weighted by atomic mass is 10.2. The Kier molecular flexibility index (Phi) is 3.88. The van der Waals surface area contributed by atoms with Gasteiger partial charge in [0.1, 0.15) is 5.69 Å². The number of benzene rings is 1. The molecule has 4 rings (SSSR count). The summed E-state index contributed by atoms with van der Waals surface area (Å²) < 4.78 is 0. The van der Waals surface area contributed by atoms with Gasteiger partial charge in [0.2, 0.25) is 0 Å². The third-order valence-corrected chi connectivity index (χ3v) is 4.59. The van der Waals surface area contributed by atoms with Crippen LogP contribution in [0.2, 0.25) is 15.1 Å². The third-order valence-electron chi connectivity index (χ3n) is 3.56. The SMILES string of the molecule is Clc1cc2nc(-c3ccc(-c4ncccc4Cl)cn3)[nH]c2cc1Cl. The molecule has 0 fully saturated rings. The largest absolute Gasteiger partial charge is 0.337 e. The van der Waals surface area contributed by atoms with E-state index in [1.165, 1.54) is 0 Å². The van der Waals surface area contributed by atoms with Gasteiger partial charge >= 0.3 is 0 Å². The molecule has 3 heterocycles. The second kappa shape index (κ2) is 6.06. The minimum atomic E-state index is 0.468. The summed E-state index contributed by atoms with van der Waals surface area (Å²) in [6.45, 7) is 0. The molecule has 0 amide bonds. The fourth-order valence-corrected chi connectivity index (χ4v) is 2.95. The van der Waals surface area contributed by atoms with Crippen LogP contribution in [-0.4, -0.2) is 19.9 Å². The smallest absolute Gasteiger partial charge is 0.157 e. The predicted octanol–water partition coefficient (Wildman–Crippen LogP) is 5.65. The third kappa shape index (κ3) is 2.73. The maximum atomic E-state index is 6.16. The molecule has 118 valence electrons. The molecule has 7 heteroatoms. The van der Waals surface area contributed by atoms with Gasteiger partial charge in [-0.25, -0.2) is 4.98 Å². The number of nitrogens with one attached hydrogen (secondary N) is 1. The molecule has 0 saturated heterocycles. The number of pyridine rings is 2. The van der Waals surface area contributed by atoms with Crippen LogP contribution in [0.5, 0.6) is 0 Å². The molecule has 0 bridgehead atoms. The van der Waals surface area contributed by atoms with Crippen LogP contribution >= 0.6 is 34.8 Å². The van der Waals surface area contributed by atoms with E-state index >= 15 is 0 Å². The summed E-state index contributed by atoms with van der Waals surface area (Å²) in [6, 6.07) is 10.8. The topological polar surface area (TPSA) is 54.5 Å². The van der Waals surface area contributed by atoms with Crippen LogP contribution in [0.1, 0.15) is 0 Å². The number of nitrogens with zero attached hydrogens (tertiary/aromatic N) is 3. The molecule has 24 heavy (non-hydrogen) atoms. The Balaban J connectivity index is 1.74. The first-order chi connectivity index (χ1) is 11.6. The molecule has 0 unspecified atom stereocenters. The molecule has 4 nitrogen and oxygen atoms in total. The molecule has 1 aromatic carbocycles. The monoisotopic (exact) mass is 374 g/mol. The van der Waals surface area contributed by atoms with Crippen molar-refractivity contribution in [1.29, 1.82) is 0 Å². The molecule has 0 aliphatic rings. The lowest BCUT2D eigenvalue weighted by Crippen LogP contribution is -1.89. The summed E-state index contributed by atoms with van der Waals surface area (Å²) in [5.74, 6) is 0.641. The average Bonchev–Trinajstić information content (AvgIpc) is 2.99. The average molecular weight is 376 g/mol. The van der Waals surface area contributed by atoms with Gasteiger partial charge in [0.15, 0.2) is 5.82 Å². The van der Waals surface area contributed by atoms with Crippen molar-refractivity contribution in [3.05, 3.63) is 63.9 Å². The predicted molar refractivity (Wildman–Crippen MR) is 97.6 cm³/mol. The van der Waals surface area contributed by atoms with Crippen LogP contribution in [0.25, 0.3) is 33.8 Å². The van der Waals surface area contributed by atoms with Crippen molar-refractivity contribution in [3.63, 3.8) is 0 Å². The van der Waals surface area contributed by atoms with Gasteiger partial charge in [0.05, 0.1) is 31.8 Å². The highest BCUT2D eigenvalue weighted by Crippen LogP contribution is 2.29. The standard InChI is InChI=1S/C17H9Cl3N4/c18-10-2-1-5-21-16(10)9-3-4-13(22-8-9)17-23-14-6-11(19)12(20)7-15(14)24-17/h1-8H,(H,23,24). The molecular formula is C17H9Cl3N4. The molecule has 0 atom stereocenters. The molecule has 0 spiro atoms. The van der Waals surface area contributed by atoms with Crippen molar-refractivity contribution in [1.82, 2.24) is 19.9 Å². The van der Waals surface area contributed by atoms with Crippen LogP contribution in [0.4, 0.5) is 0 Å². The van der Waals surface area contributed by atoms with Gasteiger partial charge in [0, 0.05) is 18.0 Å². The van der Waals surface area contributed by atoms with Crippen LogP contribution in [-0.2, 0) is 0 Å². The second-order valence-corrected chi connectivity index (χ2v) is 6.36. The van der Waals surface area contributed by atoms with Crippen molar-refractivity contribution < 1.29 is 0 Å². The van der Waals surface area contributed by atoms with Crippen molar-refractivity contribution in [3.8, 4) is 22.8 Å². The summed E-state index contributed by atoms with van der Waals surface area (Å²) >= 11 is 18.2. The Labute approximate surface area is 152 Å². The van der Waals surface area contributed by atoms with Gasteiger partial charge in [-0.3, -0.25) is 9.97 Å². The number of rotatable bonds is 2. The molecule has 3 aromatic heterocycles. The molecule has 0 aliphatic heterocycles. The van der Waals surface area contributed by atoms with Crippen LogP contribution in [0.15, 0.2) is 48.8 Å². The van der Waals surface area contributed by atoms with E-state index in [0.29, 0.717) is 32.3 Å². The van der Waals surface area contributed by atoms with Crippen molar-refractivity contribution in [2.24, 2.45) is 0 Å². The normalized spacial score (nSPS) is 11.1. The van der Waals surface area contributed by atoms with Crippen molar-refractivity contribution in [2.45, 2.75) is 0 Å². The first-order valence-electron chi connectivity index (χ1n) is 7.04. The zero-order valence-electron chi connectivity index (χ0n) is 12.1. The fourth-order valence-electron chi connectivity index (χ4n) is 2.40. The fraction of sp³-hybridized carbons (Fsp3) is 0. The quantitative estimate of drug-likeness (QED) is 0.493. The first kappa shape index (κ1) is 15.4. The van der Waals surface area contributed by atoms with E-state index in [1.54, 1.807) is 36.7 Å². The maximum absolute atomic E-state index is 6.16. The van der Waals surface area contributed by atoms with E-state index in [1.807, 2.05) is 12.1 Å². The number of halogens is 3. The summed E-state index contributed by atoms with van der Waals surface area (Å²) in [4.78, 5) is 16.4. The van der Waals surface area contributed by atoms with E-state index < -0.39 is 0 Å². The molecule has 0 saturated carbocycles. The number of aromatic nitrogens is 4. The van der Waals surface area contributed by atoms with E-state index in [4.69, 9.17) is 34.8 Å². The van der Waals surface area contributed by atoms with E-state index in [0.717, 1.165) is 16.6 Å². The van der Waals surface area contributed by atoms with Crippen LogP contribution in [0, 0.1) is 0 Å². The zero-order valence-corrected chi connectivity index (χ0v) is 14.4. The van der Waals surface area contributed by atoms with Crippen LogP contribution < -0.4 is 0 Å². The van der Waals surface area contributed by atoms with Crippen molar-refractivity contribution in [2.75, 3.05) is 0 Å². The van der Waals surface area contributed by atoms with Crippen molar-refractivity contribution >= 4 is 45.8 Å². The van der Waals surface area contributed by atoms with Gasteiger partial charge < -0.3 is 4.98 Å². The molecule has 1 N–H and O–H groups in total. The number of imidazole rings is 1. The number of aromatic amines is 1. The highest BCUT2D eigenvalue weighted by atomic mass is 35.5. The molecule has 0 aliphatic carbocycles. The van der Waals surface area contributed by atoms with Gasteiger partial charge in [0.25, 0.3) is 0 Å². The van der Waals surface area contributed by atoms with Gasteiger partial charge in [-0.15, -0.1) is 0 Å². The summed E-state index contributed by atoms with van der Waals surface area (Å²) in [7, 11) is 0. The Hall–Kier alpha value is -2.14. The number of hydrogen-bond acceptors (Lipinski definition) is 3. The maximum Gasteiger partial charge on any atom is 0.157 e. The Morgan fingerprint density at radius 3 is 2.46 bits per heavy atom. The zero-order chi connectivity index (χ0) is 16.7. The summed E-state index contributed by atoms with van der Waals surface area (Å²) in [5.41, 5.74) is 3.78. The molecule has 4 aromatic rings. The lowest BCUT2D eigenvalue weighted by molar-refractivity contribution is 1.23. The van der Waals surface area contributed by atoms with Crippen LogP contribution in [0.3, 0.4) is 0 Å². The van der Waals surface area contributed by atoms with E-state index in [-0.39, 0.29) is 0 Å². The number of H-pyrrole nitrogens is 1. The molecular weight excluding hydrogens is 367 g/mol. The first-order valence-corrected chi connectivity index (χ1v) is 8.17. The minimum absolute atomic E-state index is 0.468. The Morgan fingerprint density at radius 1 is 0.875 bits per heavy atom. The van der Waals surface area contributed by atoms with E-state index in [2.05, 4.69) is 19.9 Å². The Morgan fingerprint density at radius 2 is 1.71 bits per heavy atom. The number of fused-ring (bicyclic) bond motifs is 1. The second-order valence-electron chi connectivity index (χ2n) is 5.13. The summed E-state index contributed by atoms with van der Waals surface area (Å²) in [6.07, 6.45) is 3.42. The minimum Gasteiger partial charge on any atom is -0.337 e. The van der Waals surface area contributed by atoms with Gasteiger partial charge in [-0.2, -0.15) is 0 Å². The molecule has 0 radical (unpaired) electrons. The lowest BCUT2D eigenvalue weighted by Gasteiger charge is -2.03. The Bertz CT molecular complexity index is 1000. The van der Waals surface area contributed by atoms with Gasteiger partial charge in [-0.1, -0.05) is 34.8 Å². The highest BCUT2D eigenvalue weighted by molar-refractivity contribution is 6.42. The van der Waals surface area contributed by atoms with Gasteiger partial charge in [-0.05, 0) is 36.4 Å². The highest BCUT2D eigenvalue weighted by Gasteiger charge is 2.10. The van der Waals surface area contributed by atoms with E-state index in [9.17, 15) is 0 Å².